The van der Waals surface area contributed by atoms with Gasteiger partial charge < -0.3 is 4.74 Å². The van der Waals surface area contributed by atoms with Gasteiger partial charge in [0.2, 0.25) is 0 Å². The lowest BCUT2D eigenvalue weighted by Crippen LogP contribution is -2.16. The van der Waals surface area contributed by atoms with Crippen LogP contribution < -0.4 is 10.1 Å². The van der Waals surface area contributed by atoms with Crippen molar-refractivity contribution in [3.63, 3.8) is 0 Å². The Morgan fingerprint density at radius 1 is 1.13 bits per heavy atom. The quantitative estimate of drug-likeness (QED) is 0.689. The molecule has 0 radical (unpaired) electrons. The standard InChI is InChI=1S/C18H18N2O3/c1-22-15-11-10-13-6-5-9-17(16(13)12-15)20-23-18(21)19-14-7-3-2-4-8-14/h2-4,7-8,10-12H,5-6,9H2,1H3,(H,19,21)/b20-17+. The zero-order valence-corrected chi connectivity index (χ0v) is 12.9. The number of nitrogens with zero attached hydrogens (tertiary/aromatic N) is 1. The molecule has 3 rings (SSSR count). The zero-order chi connectivity index (χ0) is 16.1. The highest BCUT2D eigenvalue weighted by atomic mass is 16.7. The van der Waals surface area contributed by atoms with Crippen molar-refractivity contribution in [1.82, 2.24) is 0 Å². The maximum atomic E-state index is 11.8. The second kappa shape index (κ2) is 6.96. The van der Waals surface area contributed by atoms with Gasteiger partial charge in [-0.25, -0.2) is 4.79 Å². The van der Waals surface area contributed by atoms with Crippen LogP contribution >= 0.6 is 0 Å². The van der Waals surface area contributed by atoms with E-state index in [4.69, 9.17) is 9.57 Å². The Morgan fingerprint density at radius 2 is 1.96 bits per heavy atom. The van der Waals surface area contributed by atoms with Gasteiger partial charge in [0.15, 0.2) is 0 Å². The smallest absolute Gasteiger partial charge is 0.437 e. The number of carbonyl (C=O) groups is 1. The second-order valence-corrected chi connectivity index (χ2v) is 5.28. The highest BCUT2D eigenvalue weighted by Crippen LogP contribution is 2.26. The number of fused-ring (bicyclic) bond motifs is 1. The molecule has 0 spiro atoms. The average Bonchev–Trinajstić information content (AvgIpc) is 2.60. The molecule has 0 heterocycles. The van der Waals surface area contributed by atoms with Crippen LogP contribution in [0.5, 0.6) is 5.75 Å². The van der Waals surface area contributed by atoms with Crippen LogP contribution in [0, 0.1) is 0 Å². The van der Waals surface area contributed by atoms with Gasteiger partial charge in [0, 0.05) is 11.3 Å². The van der Waals surface area contributed by atoms with Crippen molar-refractivity contribution >= 4 is 17.5 Å². The third-order valence-corrected chi connectivity index (χ3v) is 3.75. The molecule has 0 unspecified atom stereocenters. The molecule has 1 N–H and O–H groups in total. The third-order valence-electron chi connectivity index (χ3n) is 3.75. The van der Waals surface area contributed by atoms with Crippen LogP contribution in [0.3, 0.4) is 0 Å². The molecule has 1 amide bonds. The number of oxime groups is 1. The number of benzene rings is 2. The number of methoxy groups -OCH3 is 1. The highest BCUT2D eigenvalue weighted by molar-refractivity contribution is 6.03. The Kier molecular flexibility index (Phi) is 4.57. The van der Waals surface area contributed by atoms with Gasteiger partial charge in [0.05, 0.1) is 12.8 Å². The molecule has 1 aliphatic rings. The summed E-state index contributed by atoms with van der Waals surface area (Å²) in [6, 6.07) is 15.0. The van der Waals surface area contributed by atoms with E-state index in [1.54, 1.807) is 19.2 Å². The first kappa shape index (κ1) is 15.1. The number of hydrogen-bond acceptors (Lipinski definition) is 4. The maximum absolute atomic E-state index is 11.8. The summed E-state index contributed by atoms with van der Waals surface area (Å²) >= 11 is 0. The summed E-state index contributed by atoms with van der Waals surface area (Å²) in [5.41, 5.74) is 3.63. The van der Waals surface area contributed by atoms with Crippen LogP contribution in [0.2, 0.25) is 0 Å². The van der Waals surface area contributed by atoms with E-state index in [9.17, 15) is 4.79 Å². The van der Waals surface area contributed by atoms with E-state index < -0.39 is 6.09 Å². The third kappa shape index (κ3) is 3.69. The molecule has 0 saturated heterocycles. The van der Waals surface area contributed by atoms with Gasteiger partial charge >= 0.3 is 6.09 Å². The molecular weight excluding hydrogens is 292 g/mol. The number of ether oxygens (including phenoxy) is 1. The lowest BCUT2D eigenvalue weighted by Gasteiger charge is -2.18. The number of aryl methyl sites for hydroxylation is 1. The molecule has 5 heteroatoms. The molecule has 5 nitrogen and oxygen atoms in total. The number of rotatable bonds is 3. The minimum Gasteiger partial charge on any atom is -0.497 e. The highest BCUT2D eigenvalue weighted by Gasteiger charge is 2.17. The van der Waals surface area contributed by atoms with Gasteiger partial charge in [-0.05, 0) is 49.1 Å². The van der Waals surface area contributed by atoms with Gasteiger partial charge in [0.1, 0.15) is 5.75 Å². The van der Waals surface area contributed by atoms with E-state index in [0.29, 0.717) is 5.69 Å². The Labute approximate surface area is 134 Å². The van der Waals surface area contributed by atoms with Crippen LogP contribution in [0.1, 0.15) is 24.0 Å². The summed E-state index contributed by atoms with van der Waals surface area (Å²) in [6.07, 6.45) is 2.16. The largest absolute Gasteiger partial charge is 0.497 e. The van der Waals surface area contributed by atoms with E-state index >= 15 is 0 Å². The summed E-state index contributed by atoms with van der Waals surface area (Å²) in [7, 11) is 1.63. The first-order chi connectivity index (χ1) is 11.3. The maximum Gasteiger partial charge on any atom is 0.437 e. The molecule has 118 valence electrons. The van der Waals surface area contributed by atoms with Gasteiger partial charge in [-0.2, -0.15) is 0 Å². The van der Waals surface area contributed by atoms with Gasteiger partial charge in [-0.15, -0.1) is 0 Å². The molecule has 2 aromatic rings. The monoisotopic (exact) mass is 310 g/mol. The fourth-order valence-electron chi connectivity index (χ4n) is 2.60. The number of amides is 1. The number of anilines is 1. The summed E-state index contributed by atoms with van der Waals surface area (Å²) in [5.74, 6) is 0.770. The van der Waals surface area contributed by atoms with Crippen LogP contribution in [0.25, 0.3) is 0 Å². The fourth-order valence-corrected chi connectivity index (χ4v) is 2.60. The Balaban J connectivity index is 1.72. The van der Waals surface area contributed by atoms with Crippen molar-refractivity contribution in [3.05, 3.63) is 59.7 Å². The molecule has 0 bridgehead atoms. The first-order valence-electron chi connectivity index (χ1n) is 7.53. The molecule has 1 aliphatic carbocycles. The van der Waals surface area contributed by atoms with Gasteiger partial charge in [-0.3, -0.25) is 10.2 Å². The molecule has 0 saturated carbocycles. The van der Waals surface area contributed by atoms with Crippen molar-refractivity contribution in [2.75, 3.05) is 12.4 Å². The van der Waals surface area contributed by atoms with Crippen molar-refractivity contribution in [3.8, 4) is 5.75 Å². The van der Waals surface area contributed by atoms with Crippen LogP contribution in [-0.2, 0) is 11.3 Å². The summed E-state index contributed by atoms with van der Waals surface area (Å²) in [6.45, 7) is 0. The topological polar surface area (TPSA) is 59.9 Å². The molecule has 2 aromatic carbocycles. The zero-order valence-electron chi connectivity index (χ0n) is 12.9. The molecule has 0 aromatic heterocycles. The number of para-hydroxylation sites is 1. The predicted octanol–water partition coefficient (Wildman–Crippen LogP) is 3.98. The van der Waals surface area contributed by atoms with Crippen LogP contribution in [0.15, 0.2) is 53.7 Å². The number of hydrogen-bond donors (Lipinski definition) is 1. The molecule has 0 atom stereocenters. The first-order valence-corrected chi connectivity index (χ1v) is 7.53. The van der Waals surface area contributed by atoms with E-state index in [1.807, 2.05) is 36.4 Å². The van der Waals surface area contributed by atoms with Crippen molar-refractivity contribution in [1.29, 1.82) is 0 Å². The summed E-state index contributed by atoms with van der Waals surface area (Å²) in [5, 5.41) is 6.68. The predicted molar refractivity (Wildman–Crippen MR) is 89.0 cm³/mol. The fraction of sp³-hybridized carbons (Fsp3) is 0.222. The van der Waals surface area contributed by atoms with E-state index in [0.717, 1.165) is 36.3 Å². The average molecular weight is 310 g/mol. The van der Waals surface area contributed by atoms with E-state index in [2.05, 4.69) is 10.5 Å². The Bertz CT molecular complexity index is 726. The minimum absolute atomic E-state index is 0.598. The van der Waals surface area contributed by atoms with Crippen molar-refractivity contribution in [2.24, 2.45) is 5.16 Å². The minimum atomic E-state index is -0.598. The van der Waals surface area contributed by atoms with E-state index in [1.165, 1.54) is 5.56 Å². The lowest BCUT2D eigenvalue weighted by molar-refractivity contribution is 0.166. The SMILES string of the molecule is COc1ccc2c(c1)/C(=N/OC(=O)Nc1ccccc1)CCC2. The number of nitrogens with one attached hydrogen (secondary N) is 1. The second-order valence-electron chi connectivity index (χ2n) is 5.28. The number of carbonyl (C=O) groups excluding carboxylic acids is 1. The normalized spacial score (nSPS) is 14.9. The molecule has 23 heavy (non-hydrogen) atoms. The van der Waals surface area contributed by atoms with Crippen molar-refractivity contribution in [2.45, 2.75) is 19.3 Å². The molecule has 0 fully saturated rings. The van der Waals surface area contributed by atoms with Crippen molar-refractivity contribution < 1.29 is 14.4 Å². The summed E-state index contributed by atoms with van der Waals surface area (Å²) < 4.78 is 5.26. The molecular formula is C18H18N2O3. The van der Waals surface area contributed by atoms with Gasteiger partial charge in [-0.1, -0.05) is 29.4 Å². The summed E-state index contributed by atoms with van der Waals surface area (Å²) in [4.78, 5) is 16.8. The van der Waals surface area contributed by atoms with E-state index in [-0.39, 0.29) is 0 Å². The van der Waals surface area contributed by atoms with Crippen LogP contribution in [0.4, 0.5) is 10.5 Å². The van der Waals surface area contributed by atoms with Crippen LogP contribution in [-0.4, -0.2) is 18.9 Å². The molecule has 0 aliphatic heterocycles. The van der Waals surface area contributed by atoms with Gasteiger partial charge in [0.25, 0.3) is 0 Å². The lowest BCUT2D eigenvalue weighted by atomic mass is 9.90. The Hall–Kier alpha value is -2.82. The Morgan fingerprint density at radius 3 is 2.74 bits per heavy atom.